The van der Waals surface area contributed by atoms with Crippen LogP contribution in [0, 0.1) is 11.7 Å². The fourth-order valence-electron chi connectivity index (χ4n) is 4.71. The number of hydrazine groups is 1. The third kappa shape index (κ3) is 3.41. The SMILES string of the molecule is CCN(c1nc(Nc2ccc3[nH]c(=O)oc3c2)ncc1F)C1CCCC2NNCC21. The van der Waals surface area contributed by atoms with Crippen molar-refractivity contribution in [3.63, 3.8) is 0 Å². The number of hydrogen-bond acceptors (Lipinski definition) is 8. The number of nitrogens with one attached hydrogen (secondary N) is 4. The van der Waals surface area contributed by atoms with E-state index in [2.05, 4.69) is 36.0 Å². The van der Waals surface area contributed by atoms with Crippen molar-refractivity contribution >= 4 is 28.6 Å². The largest absolute Gasteiger partial charge is 0.417 e. The van der Waals surface area contributed by atoms with Crippen LogP contribution in [0.1, 0.15) is 26.2 Å². The van der Waals surface area contributed by atoms with Crippen molar-refractivity contribution in [3.8, 4) is 0 Å². The quantitative estimate of drug-likeness (QED) is 0.504. The van der Waals surface area contributed by atoms with E-state index in [1.165, 1.54) is 6.20 Å². The van der Waals surface area contributed by atoms with Gasteiger partial charge in [0, 0.05) is 42.8 Å². The summed E-state index contributed by atoms with van der Waals surface area (Å²) in [5.74, 6) is 0.0561. The molecule has 2 fully saturated rings. The van der Waals surface area contributed by atoms with Crippen molar-refractivity contribution < 1.29 is 8.81 Å². The van der Waals surface area contributed by atoms with Gasteiger partial charge in [-0.15, -0.1) is 0 Å². The molecule has 1 aliphatic heterocycles. The first-order chi connectivity index (χ1) is 14.6. The summed E-state index contributed by atoms with van der Waals surface area (Å²) < 4.78 is 19.9. The van der Waals surface area contributed by atoms with Gasteiger partial charge in [0.1, 0.15) is 0 Å². The summed E-state index contributed by atoms with van der Waals surface area (Å²) in [7, 11) is 0. The standard InChI is InChI=1S/C20H24FN7O2/c1-2-28(16-5-3-4-14-12(16)9-23-27-14)18-13(21)10-22-19(26-18)24-11-6-7-15-17(8-11)30-20(29)25-15/h6-8,10,12,14,16,23,27H,2-5,9H2,1H3,(H,25,29)(H,22,24,26). The fourth-order valence-corrected chi connectivity index (χ4v) is 4.71. The summed E-state index contributed by atoms with van der Waals surface area (Å²) in [5.41, 5.74) is 8.27. The van der Waals surface area contributed by atoms with Gasteiger partial charge in [0.2, 0.25) is 5.95 Å². The highest BCUT2D eigenvalue weighted by Gasteiger charge is 2.40. The lowest BCUT2D eigenvalue weighted by molar-refractivity contribution is 0.278. The van der Waals surface area contributed by atoms with Crippen molar-refractivity contribution in [1.29, 1.82) is 0 Å². The van der Waals surface area contributed by atoms with Crippen LogP contribution >= 0.6 is 0 Å². The zero-order valence-electron chi connectivity index (χ0n) is 16.6. The van der Waals surface area contributed by atoms with Crippen molar-refractivity contribution in [3.05, 3.63) is 40.8 Å². The number of oxazole rings is 1. The van der Waals surface area contributed by atoms with Gasteiger partial charge in [-0.1, -0.05) is 0 Å². The minimum Gasteiger partial charge on any atom is -0.408 e. The van der Waals surface area contributed by atoms with E-state index in [1.54, 1.807) is 18.2 Å². The number of benzene rings is 1. The van der Waals surface area contributed by atoms with Gasteiger partial charge in [-0.25, -0.2) is 14.2 Å². The molecule has 3 unspecified atom stereocenters. The highest BCUT2D eigenvalue weighted by Crippen LogP contribution is 2.34. The molecule has 10 heteroatoms. The Balaban J connectivity index is 1.43. The maximum absolute atomic E-state index is 14.8. The summed E-state index contributed by atoms with van der Waals surface area (Å²) in [6.45, 7) is 3.54. The van der Waals surface area contributed by atoms with Gasteiger partial charge in [-0.3, -0.25) is 15.8 Å². The Hall–Kier alpha value is -2.98. The monoisotopic (exact) mass is 413 g/mol. The Morgan fingerprint density at radius 2 is 2.27 bits per heavy atom. The molecule has 0 amide bonds. The molecule has 4 N–H and O–H groups in total. The average molecular weight is 413 g/mol. The molecule has 9 nitrogen and oxygen atoms in total. The predicted molar refractivity (Wildman–Crippen MR) is 111 cm³/mol. The second-order valence-electron chi connectivity index (χ2n) is 7.80. The topological polar surface area (TPSA) is 111 Å². The molecule has 3 heterocycles. The van der Waals surface area contributed by atoms with Crippen LogP contribution in [0.15, 0.2) is 33.6 Å². The Labute approximate surface area is 172 Å². The summed E-state index contributed by atoms with van der Waals surface area (Å²) in [6.07, 6.45) is 4.43. The number of anilines is 3. The summed E-state index contributed by atoms with van der Waals surface area (Å²) in [6, 6.07) is 5.80. The van der Waals surface area contributed by atoms with E-state index in [4.69, 9.17) is 4.42 Å². The van der Waals surface area contributed by atoms with E-state index < -0.39 is 11.6 Å². The molecular formula is C20H24FN7O2. The van der Waals surface area contributed by atoms with Crippen molar-refractivity contribution in [2.24, 2.45) is 5.92 Å². The first kappa shape index (κ1) is 19.0. The van der Waals surface area contributed by atoms with Gasteiger partial charge in [0.15, 0.2) is 17.2 Å². The van der Waals surface area contributed by atoms with E-state index in [0.717, 1.165) is 25.8 Å². The third-order valence-corrected chi connectivity index (χ3v) is 6.07. The highest BCUT2D eigenvalue weighted by atomic mass is 19.1. The molecular weight excluding hydrogens is 389 g/mol. The molecule has 0 spiro atoms. The van der Waals surface area contributed by atoms with Crippen LogP contribution < -0.4 is 26.8 Å². The van der Waals surface area contributed by atoms with Gasteiger partial charge >= 0.3 is 5.76 Å². The molecule has 5 rings (SSSR count). The number of nitrogens with zero attached hydrogens (tertiary/aromatic N) is 3. The highest BCUT2D eigenvalue weighted by molar-refractivity contribution is 5.77. The van der Waals surface area contributed by atoms with Crippen LogP contribution in [0.25, 0.3) is 11.1 Å². The second kappa shape index (κ2) is 7.69. The van der Waals surface area contributed by atoms with E-state index in [9.17, 15) is 9.18 Å². The van der Waals surface area contributed by atoms with E-state index in [1.807, 2.05) is 6.92 Å². The molecule has 2 aromatic heterocycles. The van der Waals surface area contributed by atoms with Crippen molar-refractivity contribution in [2.45, 2.75) is 38.3 Å². The Bertz CT molecular complexity index is 1110. The maximum Gasteiger partial charge on any atom is 0.417 e. The minimum absolute atomic E-state index is 0.207. The van der Waals surface area contributed by atoms with Gasteiger partial charge in [-0.2, -0.15) is 4.98 Å². The number of rotatable bonds is 5. The van der Waals surface area contributed by atoms with E-state index in [-0.39, 0.29) is 12.0 Å². The molecule has 3 aromatic rings. The molecule has 1 saturated carbocycles. The molecule has 1 saturated heterocycles. The smallest absolute Gasteiger partial charge is 0.408 e. The van der Waals surface area contributed by atoms with Gasteiger partial charge in [0.05, 0.1) is 11.7 Å². The van der Waals surface area contributed by atoms with Crippen molar-refractivity contribution in [1.82, 2.24) is 25.8 Å². The zero-order chi connectivity index (χ0) is 20.7. The van der Waals surface area contributed by atoms with Gasteiger partial charge in [-0.05, 0) is 38.3 Å². The third-order valence-electron chi connectivity index (χ3n) is 6.07. The number of halogens is 1. The predicted octanol–water partition coefficient (Wildman–Crippen LogP) is 2.27. The summed E-state index contributed by atoms with van der Waals surface area (Å²) in [4.78, 5) is 24.6. The Morgan fingerprint density at radius 1 is 1.37 bits per heavy atom. The van der Waals surface area contributed by atoms with Crippen LogP contribution in [-0.2, 0) is 0 Å². The molecule has 158 valence electrons. The maximum atomic E-state index is 14.8. The fraction of sp³-hybridized carbons (Fsp3) is 0.450. The number of aromatic amines is 1. The lowest BCUT2D eigenvalue weighted by Gasteiger charge is -2.40. The normalized spacial score (nSPS) is 23.5. The van der Waals surface area contributed by atoms with Crippen LogP contribution in [-0.4, -0.2) is 40.1 Å². The van der Waals surface area contributed by atoms with Crippen LogP contribution in [0.4, 0.5) is 21.8 Å². The number of hydrogen-bond donors (Lipinski definition) is 4. The number of aromatic nitrogens is 3. The molecule has 0 bridgehead atoms. The van der Waals surface area contributed by atoms with Gasteiger partial charge in [0.25, 0.3) is 0 Å². The molecule has 3 atom stereocenters. The minimum atomic E-state index is -0.511. The van der Waals surface area contributed by atoms with E-state index in [0.29, 0.717) is 41.1 Å². The van der Waals surface area contributed by atoms with Crippen LogP contribution in [0.2, 0.25) is 0 Å². The lowest BCUT2D eigenvalue weighted by Crippen LogP contribution is -2.49. The second-order valence-corrected chi connectivity index (χ2v) is 7.80. The molecule has 2 aliphatic rings. The van der Waals surface area contributed by atoms with Crippen LogP contribution in [0.3, 0.4) is 0 Å². The molecule has 1 aliphatic carbocycles. The van der Waals surface area contributed by atoms with Gasteiger partial charge < -0.3 is 14.6 Å². The zero-order valence-corrected chi connectivity index (χ0v) is 16.6. The first-order valence-corrected chi connectivity index (χ1v) is 10.3. The molecule has 30 heavy (non-hydrogen) atoms. The Kier molecular flexibility index (Phi) is 4.87. The Morgan fingerprint density at radius 3 is 3.13 bits per heavy atom. The number of H-pyrrole nitrogens is 1. The molecule has 0 radical (unpaired) electrons. The van der Waals surface area contributed by atoms with E-state index >= 15 is 0 Å². The average Bonchev–Trinajstić information content (AvgIpc) is 3.36. The lowest BCUT2D eigenvalue weighted by atomic mass is 9.81. The molecule has 1 aromatic carbocycles. The van der Waals surface area contributed by atoms with Crippen LogP contribution in [0.5, 0.6) is 0 Å². The summed E-state index contributed by atoms with van der Waals surface area (Å²) in [5, 5.41) is 3.08. The number of fused-ring (bicyclic) bond motifs is 2. The van der Waals surface area contributed by atoms with Crippen molar-refractivity contribution in [2.75, 3.05) is 23.3 Å². The summed E-state index contributed by atoms with van der Waals surface area (Å²) >= 11 is 0. The first-order valence-electron chi connectivity index (χ1n) is 10.3.